The van der Waals surface area contributed by atoms with Crippen LogP contribution in [-0.4, -0.2) is 23.6 Å². The Balaban J connectivity index is 0.00000231. The van der Waals surface area contributed by atoms with E-state index in [4.69, 9.17) is 15.2 Å². The maximum atomic E-state index is 13.0. The lowest BCUT2D eigenvalue weighted by Gasteiger charge is -2.16. The number of fused-ring (bicyclic) bond motifs is 1. The summed E-state index contributed by atoms with van der Waals surface area (Å²) in [6, 6.07) is 16.3. The molecule has 1 saturated carbocycles. The van der Waals surface area contributed by atoms with Crippen LogP contribution >= 0.6 is 0 Å². The molecule has 2 heterocycles. The summed E-state index contributed by atoms with van der Waals surface area (Å²) in [6.45, 7) is 0.208. The number of benzene rings is 2. The van der Waals surface area contributed by atoms with Crippen LogP contribution < -0.4 is 20.5 Å². The minimum atomic E-state index is -0.550. The first-order valence-corrected chi connectivity index (χ1v) is 9.63. The van der Waals surface area contributed by atoms with Crippen molar-refractivity contribution < 1.29 is 20.5 Å². The van der Waals surface area contributed by atoms with E-state index in [1.54, 1.807) is 24.4 Å². The van der Waals surface area contributed by atoms with Gasteiger partial charge in [-0.05, 0) is 60.4 Å². The summed E-state index contributed by atoms with van der Waals surface area (Å²) in [6.07, 6.45) is 3.25. The minimum absolute atomic E-state index is 0. The number of hydrogen-bond donors (Lipinski definition) is 2. The number of carbonyl (C=O) groups excluding carboxylic acids is 2. The number of rotatable bonds is 5. The zero-order valence-electron chi connectivity index (χ0n) is 16.1. The first-order valence-electron chi connectivity index (χ1n) is 9.63. The number of anilines is 1. The van der Waals surface area contributed by atoms with E-state index in [9.17, 15) is 9.59 Å². The highest BCUT2D eigenvalue weighted by Gasteiger charge is 2.51. The summed E-state index contributed by atoms with van der Waals surface area (Å²) in [4.78, 5) is 28.6. The number of nitrogens with two attached hydrogens (primary N) is 1. The second-order valence-corrected chi connectivity index (χ2v) is 7.48. The summed E-state index contributed by atoms with van der Waals surface area (Å²) in [7, 11) is 0. The highest BCUT2D eigenvalue weighted by atomic mass is 16.7. The van der Waals surface area contributed by atoms with Gasteiger partial charge in [-0.15, -0.1) is 0 Å². The third-order valence-corrected chi connectivity index (χ3v) is 5.62. The van der Waals surface area contributed by atoms with Crippen molar-refractivity contribution in [3.8, 4) is 22.6 Å². The van der Waals surface area contributed by atoms with E-state index >= 15 is 0 Å². The molecule has 0 bridgehead atoms. The lowest BCUT2D eigenvalue weighted by Crippen LogP contribution is -2.28. The Labute approximate surface area is 174 Å². The van der Waals surface area contributed by atoms with E-state index in [-0.39, 0.29) is 14.1 Å². The van der Waals surface area contributed by atoms with Gasteiger partial charge in [0.15, 0.2) is 11.5 Å². The molecule has 0 saturated heterocycles. The number of carbonyl (C=O) groups is 2. The van der Waals surface area contributed by atoms with Crippen molar-refractivity contribution in [2.75, 3.05) is 12.1 Å². The Morgan fingerprint density at radius 2 is 1.70 bits per heavy atom. The van der Waals surface area contributed by atoms with Crippen LogP contribution in [0.15, 0.2) is 60.8 Å². The lowest BCUT2D eigenvalue weighted by atomic mass is 9.94. The van der Waals surface area contributed by atoms with Gasteiger partial charge < -0.3 is 20.5 Å². The van der Waals surface area contributed by atoms with Crippen LogP contribution in [-0.2, 0) is 10.2 Å². The van der Waals surface area contributed by atoms with Gasteiger partial charge >= 0.3 is 0 Å². The van der Waals surface area contributed by atoms with Crippen LogP contribution in [0.4, 0.5) is 5.82 Å². The third kappa shape index (κ3) is 3.14. The highest BCUT2D eigenvalue weighted by Crippen LogP contribution is 2.51. The van der Waals surface area contributed by atoms with Gasteiger partial charge in [-0.25, -0.2) is 4.98 Å². The zero-order valence-corrected chi connectivity index (χ0v) is 16.1. The number of ether oxygens (including phenoxy) is 2. The number of aromatic nitrogens is 1. The molecule has 30 heavy (non-hydrogen) atoms. The second kappa shape index (κ2) is 6.88. The van der Waals surface area contributed by atoms with Crippen LogP contribution in [0.2, 0.25) is 0 Å². The van der Waals surface area contributed by atoms with Gasteiger partial charge in [0, 0.05) is 18.8 Å². The fourth-order valence-corrected chi connectivity index (χ4v) is 3.67. The van der Waals surface area contributed by atoms with Crippen molar-refractivity contribution in [2.24, 2.45) is 5.73 Å². The molecule has 0 radical (unpaired) electrons. The Morgan fingerprint density at radius 1 is 0.967 bits per heavy atom. The Hall–Kier alpha value is -3.87. The standard InChI is InChI=1S/C23H19N3O4.H2/c24-21(27)15-3-1-14(2-4-15)16-5-8-20(25-12-16)26-22(28)23(9-10-23)17-6-7-18-19(11-17)30-13-29-18;/h1-8,11-12H,9-10,13H2,(H2,24,27)(H,25,26,28);1H. The van der Waals surface area contributed by atoms with Gasteiger partial charge in [-0.1, -0.05) is 18.2 Å². The maximum Gasteiger partial charge on any atom is 0.248 e. The van der Waals surface area contributed by atoms with Crippen LogP contribution in [0, 0.1) is 0 Å². The number of hydrogen-bond acceptors (Lipinski definition) is 5. The number of nitrogens with zero attached hydrogens (tertiary/aromatic N) is 1. The van der Waals surface area contributed by atoms with Gasteiger partial charge in [0.25, 0.3) is 0 Å². The maximum absolute atomic E-state index is 13.0. The average molecular weight is 403 g/mol. The molecule has 1 fully saturated rings. The smallest absolute Gasteiger partial charge is 0.248 e. The van der Waals surface area contributed by atoms with Gasteiger partial charge in [0.1, 0.15) is 5.82 Å². The molecular formula is C23H21N3O4. The van der Waals surface area contributed by atoms with Crippen molar-refractivity contribution in [3.63, 3.8) is 0 Å². The van der Waals surface area contributed by atoms with Gasteiger partial charge in [-0.2, -0.15) is 0 Å². The molecule has 0 spiro atoms. The molecule has 1 aliphatic heterocycles. The Kier molecular flexibility index (Phi) is 4.17. The van der Waals surface area contributed by atoms with Gasteiger partial charge in [0.2, 0.25) is 18.6 Å². The molecule has 2 aliphatic rings. The summed E-state index contributed by atoms with van der Waals surface area (Å²) in [5, 5.41) is 2.93. The first kappa shape index (κ1) is 18.2. The molecule has 3 aromatic rings. The van der Waals surface area contributed by atoms with E-state index in [1.807, 2.05) is 36.4 Å². The molecule has 7 nitrogen and oxygen atoms in total. The predicted octanol–water partition coefficient (Wildman–Crippen LogP) is 3.49. The van der Waals surface area contributed by atoms with E-state index in [1.165, 1.54) is 0 Å². The molecule has 0 unspecified atom stereocenters. The van der Waals surface area contributed by atoms with Crippen LogP contribution in [0.3, 0.4) is 0 Å². The topological polar surface area (TPSA) is 104 Å². The fourth-order valence-electron chi connectivity index (χ4n) is 3.67. The zero-order chi connectivity index (χ0) is 20.7. The van der Waals surface area contributed by atoms with Gasteiger partial charge in [-0.3, -0.25) is 9.59 Å². The summed E-state index contributed by atoms with van der Waals surface area (Å²) < 4.78 is 10.8. The monoisotopic (exact) mass is 403 g/mol. The van der Waals surface area contributed by atoms with Crippen LogP contribution in [0.25, 0.3) is 11.1 Å². The largest absolute Gasteiger partial charge is 0.454 e. The molecular weight excluding hydrogens is 382 g/mol. The number of amides is 2. The molecule has 5 rings (SSSR count). The van der Waals surface area contributed by atoms with E-state index in [2.05, 4.69) is 10.3 Å². The average Bonchev–Trinajstić information content (AvgIpc) is 3.45. The van der Waals surface area contributed by atoms with Crippen molar-refractivity contribution in [1.82, 2.24) is 4.98 Å². The quantitative estimate of drug-likeness (QED) is 0.679. The van der Waals surface area contributed by atoms with Crippen molar-refractivity contribution >= 4 is 17.6 Å². The number of primary amides is 1. The highest BCUT2D eigenvalue weighted by molar-refractivity contribution is 6.01. The normalized spacial score (nSPS) is 15.5. The molecule has 7 heteroatoms. The van der Waals surface area contributed by atoms with E-state index in [0.29, 0.717) is 22.9 Å². The molecule has 3 N–H and O–H groups in total. The Morgan fingerprint density at radius 3 is 2.37 bits per heavy atom. The third-order valence-electron chi connectivity index (χ3n) is 5.62. The molecule has 2 aromatic carbocycles. The van der Waals surface area contributed by atoms with E-state index in [0.717, 1.165) is 29.5 Å². The molecule has 2 amide bonds. The summed E-state index contributed by atoms with van der Waals surface area (Å²) in [5.74, 6) is 1.33. The van der Waals surface area contributed by atoms with Crippen LogP contribution in [0.1, 0.15) is 30.2 Å². The molecule has 1 aromatic heterocycles. The SMILES string of the molecule is NC(=O)c1ccc(-c2ccc(NC(=O)C3(c4ccc5c(c4)OCO5)CC3)nc2)cc1.[HH]. The first-order chi connectivity index (χ1) is 14.5. The lowest BCUT2D eigenvalue weighted by molar-refractivity contribution is -0.118. The second-order valence-electron chi connectivity index (χ2n) is 7.48. The minimum Gasteiger partial charge on any atom is -0.454 e. The summed E-state index contributed by atoms with van der Waals surface area (Å²) >= 11 is 0. The number of pyridine rings is 1. The van der Waals surface area contributed by atoms with Crippen molar-refractivity contribution in [2.45, 2.75) is 18.3 Å². The van der Waals surface area contributed by atoms with Crippen molar-refractivity contribution in [3.05, 3.63) is 71.9 Å². The Bertz CT molecular complexity index is 1140. The molecule has 0 atom stereocenters. The molecule has 1 aliphatic carbocycles. The fraction of sp³-hybridized carbons (Fsp3) is 0.174. The van der Waals surface area contributed by atoms with Crippen LogP contribution in [0.5, 0.6) is 11.5 Å². The predicted molar refractivity (Wildman–Crippen MR) is 112 cm³/mol. The van der Waals surface area contributed by atoms with E-state index < -0.39 is 11.3 Å². The summed E-state index contributed by atoms with van der Waals surface area (Å²) in [5.41, 5.74) is 7.88. The van der Waals surface area contributed by atoms with Crippen molar-refractivity contribution in [1.29, 1.82) is 0 Å². The number of nitrogens with one attached hydrogen (secondary N) is 1. The van der Waals surface area contributed by atoms with Gasteiger partial charge in [0.05, 0.1) is 5.41 Å². The molecule has 152 valence electrons.